The predicted molar refractivity (Wildman–Crippen MR) is 45.2 cm³/mol. The molecule has 0 aliphatic rings. The van der Waals surface area contributed by atoms with E-state index in [2.05, 4.69) is 0 Å². The fourth-order valence-electron chi connectivity index (χ4n) is 0.984. The van der Waals surface area contributed by atoms with E-state index in [-0.39, 0.29) is 0 Å². The minimum atomic E-state index is -1.94. The molecule has 2 atom stereocenters. The fraction of sp³-hybridized carbons (Fsp3) is 0.333. The van der Waals surface area contributed by atoms with E-state index < -0.39 is 12.4 Å². The van der Waals surface area contributed by atoms with Gasteiger partial charge >= 0.3 is 0 Å². The van der Waals surface area contributed by atoms with Crippen LogP contribution in [0.3, 0.4) is 0 Å². The molecule has 0 saturated heterocycles. The molecule has 2 unspecified atom stereocenters. The maximum absolute atomic E-state index is 12.2. The van der Waals surface area contributed by atoms with Gasteiger partial charge in [0.05, 0.1) is 6.04 Å². The first-order chi connectivity index (χ1) is 5.70. The molecule has 0 aliphatic carbocycles. The lowest BCUT2D eigenvalue weighted by Gasteiger charge is -2.10. The summed E-state index contributed by atoms with van der Waals surface area (Å²) in [5, 5.41) is 8.49. The molecule has 1 rings (SSSR count). The Labute approximate surface area is 70.8 Å². The third-order valence-electron chi connectivity index (χ3n) is 1.67. The Hall–Kier alpha value is -0.930. The number of benzene rings is 1. The minimum absolute atomic E-state index is 0.360. The van der Waals surface area contributed by atoms with Crippen molar-refractivity contribution in [3.05, 3.63) is 35.9 Å². The number of aliphatic hydroxyl groups excluding tert-OH is 1. The van der Waals surface area contributed by atoms with Crippen LogP contribution in [0.1, 0.15) is 5.56 Å². The van der Waals surface area contributed by atoms with Crippen LogP contribution >= 0.6 is 0 Å². The highest BCUT2D eigenvalue weighted by Crippen LogP contribution is 2.04. The van der Waals surface area contributed by atoms with E-state index in [1.54, 1.807) is 0 Å². The summed E-state index contributed by atoms with van der Waals surface area (Å²) in [6, 6.07) is 8.46. The molecule has 0 aliphatic heterocycles. The minimum Gasteiger partial charge on any atom is -0.363 e. The molecule has 0 aromatic heterocycles. The van der Waals surface area contributed by atoms with Gasteiger partial charge < -0.3 is 10.8 Å². The number of rotatable bonds is 3. The van der Waals surface area contributed by atoms with E-state index in [1.807, 2.05) is 30.3 Å². The standard InChI is InChI=1S/C9H12FNO/c10-9(12)8(11)6-7-4-2-1-3-5-7/h1-5,8-9,12H,6,11H2. The molecular weight excluding hydrogens is 157 g/mol. The van der Waals surface area contributed by atoms with Gasteiger partial charge in [-0.15, -0.1) is 0 Å². The SMILES string of the molecule is NC(Cc1ccccc1)C(O)F. The predicted octanol–water partition coefficient (Wildman–Crippen LogP) is 0.844. The van der Waals surface area contributed by atoms with Crippen molar-refractivity contribution in [1.29, 1.82) is 0 Å². The van der Waals surface area contributed by atoms with E-state index in [9.17, 15) is 4.39 Å². The van der Waals surface area contributed by atoms with Gasteiger partial charge in [-0.25, -0.2) is 4.39 Å². The smallest absolute Gasteiger partial charge is 0.211 e. The molecule has 1 aromatic rings. The van der Waals surface area contributed by atoms with Gasteiger partial charge in [0, 0.05) is 0 Å². The number of nitrogens with two attached hydrogens (primary N) is 1. The van der Waals surface area contributed by atoms with Crippen molar-refractivity contribution in [2.24, 2.45) is 5.73 Å². The molecule has 0 amide bonds. The molecule has 0 radical (unpaired) electrons. The van der Waals surface area contributed by atoms with Gasteiger partial charge in [0.15, 0.2) is 0 Å². The first kappa shape index (κ1) is 9.16. The molecule has 3 N–H and O–H groups in total. The summed E-state index contributed by atoms with van der Waals surface area (Å²) >= 11 is 0. The lowest BCUT2D eigenvalue weighted by Crippen LogP contribution is -2.33. The Balaban J connectivity index is 2.53. The summed E-state index contributed by atoms with van der Waals surface area (Å²) in [6.45, 7) is 0. The lowest BCUT2D eigenvalue weighted by molar-refractivity contribution is 0.0188. The van der Waals surface area contributed by atoms with E-state index in [0.717, 1.165) is 5.56 Å². The van der Waals surface area contributed by atoms with E-state index in [0.29, 0.717) is 6.42 Å². The van der Waals surface area contributed by atoms with Crippen LogP contribution in [-0.2, 0) is 6.42 Å². The molecule has 0 spiro atoms. The summed E-state index contributed by atoms with van der Waals surface area (Å²) in [4.78, 5) is 0. The van der Waals surface area contributed by atoms with Crippen molar-refractivity contribution in [2.75, 3.05) is 0 Å². The number of hydrogen-bond acceptors (Lipinski definition) is 2. The highest BCUT2D eigenvalue weighted by molar-refractivity contribution is 5.15. The monoisotopic (exact) mass is 169 g/mol. The third kappa shape index (κ3) is 2.60. The molecule has 3 heteroatoms. The zero-order chi connectivity index (χ0) is 8.97. The van der Waals surface area contributed by atoms with Gasteiger partial charge in [0.1, 0.15) is 0 Å². The Bertz CT molecular complexity index is 225. The van der Waals surface area contributed by atoms with Gasteiger partial charge in [-0.2, -0.15) is 0 Å². The van der Waals surface area contributed by atoms with E-state index >= 15 is 0 Å². The van der Waals surface area contributed by atoms with Crippen LogP contribution in [0.15, 0.2) is 30.3 Å². The highest BCUT2D eigenvalue weighted by Gasteiger charge is 2.12. The van der Waals surface area contributed by atoms with Crippen molar-refractivity contribution in [1.82, 2.24) is 0 Å². The largest absolute Gasteiger partial charge is 0.363 e. The Morgan fingerprint density at radius 1 is 1.33 bits per heavy atom. The van der Waals surface area contributed by atoms with Crippen molar-refractivity contribution in [2.45, 2.75) is 18.8 Å². The molecule has 0 fully saturated rings. The van der Waals surface area contributed by atoms with Gasteiger partial charge in [-0.05, 0) is 12.0 Å². The first-order valence-corrected chi connectivity index (χ1v) is 3.82. The zero-order valence-electron chi connectivity index (χ0n) is 6.65. The molecule has 66 valence electrons. The number of hydrogen-bond donors (Lipinski definition) is 2. The van der Waals surface area contributed by atoms with Crippen LogP contribution < -0.4 is 5.73 Å². The number of alkyl halides is 1. The molecule has 2 nitrogen and oxygen atoms in total. The third-order valence-corrected chi connectivity index (χ3v) is 1.67. The lowest BCUT2D eigenvalue weighted by atomic mass is 10.1. The molecule has 0 saturated carbocycles. The van der Waals surface area contributed by atoms with Crippen molar-refractivity contribution < 1.29 is 9.50 Å². The van der Waals surface area contributed by atoms with Crippen LogP contribution in [0, 0.1) is 0 Å². The average Bonchev–Trinajstić information content (AvgIpc) is 2.06. The molecular formula is C9H12FNO. The molecule has 0 bridgehead atoms. The Morgan fingerprint density at radius 2 is 1.92 bits per heavy atom. The van der Waals surface area contributed by atoms with Crippen molar-refractivity contribution in [3.63, 3.8) is 0 Å². The maximum Gasteiger partial charge on any atom is 0.211 e. The summed E-state index contributed by atoms with van der Waals surface area (Å²) in [5.74, 6) is 0. The van der Waals surface area contributed by atoms with Crippen LogP contribution in [0.2, 0.25) is 0 Å². The van der Waals surface area contributed by atoms with Crippen LogP contribution in [0.4, 0.5) is 4.39 Å². The van der Waals surface area contributed by atoms with Gasteiger partial charge in [-0.1, -0.05) is 30.3 Å². The summed E-state index contributed by atoms with van der Waals surface area (Å²) in [7, 11) is 0. The molecule has 12 heavy (non-hydrogen) atoms. The second-order valence-electron chi connectivity index (χ2n) is 2.73. The summed E-state index contributed by atoms with van der Waals surface area (Å²) < 4.78 is 12.2. The quantitative estimate of drug-likeness (QED) is 0.704. The normalized spacial score (nSPS) is 15.6. The van der Waals surface area contributed by atoms with Gasteiger partial charge in [0.2, 0.25) is 6.36 Å². The summed E-state index contributed by atoms with van der Waals surface area (Å²) in [5.41, 5.74) is 6.26. The first-order valence-electron chi connectivity index (χ1n) is 3.82. The maximum atomic E-state index is 12.2. The van der Waals surface area contributed by atoms with Crippen molar-refractivity contribution >= 4 is 0 Å². The van der Waals surface area contributed by atoms with Crippen LogP contribution in [-0.4, -0.2) is 17.5 Å². The van der Waals surface area contributed by atoms with Crippen LogP contribution in [0.25, 0.3) is 0 Å². The number of halogens is 1. The van der Waals surface area contributed by atoms with E-state index in [4.69, 9.17) is 10.8 Å². The average molecular weight is 169 g/mol. The number of aliphatic hydroxyl groups is 1. The Morgan fingerprint density at radius 3 is 2.42 bits per heavy atom. The van der Waals surface area contributed by atoms with Crippen molar-refractivity contribution in [3.8, 4) is 0 Å². The van der Waals surface area contributed by atoms with Crippen LogP contribution in [0.5, 0.6) is 0 Å². The zero-order valence-corrected chi connectivity index (χ0v) is 6.65. The topological polar surface area (TPSA) is 46.2 Å². The van der Waals surface area contributed by atoms with Gasteiger partial charge in [0.25, 0.3) is 0 Å². The highest BCUT2D eigenvalue weighted by atomic mass is 19.1. The van der Waals surface area contributed by atoms with E-state index in [1.165, 1.54) is 0 Å². The molecule has 1 aromatic carbocycles. The second-order valence-corrected chi connectivity index (χ2v) is 2.73. The molecule has 0 heterocycles. The van der Waals surface area contributed by atoms with Gasteiger partial charge in [-0.3, -0.25) is 0 Å². The Kier molecular flexibility index (Phi) is 3.19. The fourth-order valence-corrected chi connectivity index (χ4v) is 0.984. The second kappa shape index (κ2) is 4.18. The summed E-state index contributed by atoms with van der Waals surface area (Å²) in [6.07, 6.45) is -1.58.